The summed E-state index contributed by atoms with van der Waals surface area (Å²) in [6.07, 6.45) is 1.47. The Hall–Kier alpha value is -2.10. The van der Waals surface area contributed by atoms with E-state index in [2.05, 4.69) is 11.8 Å². The lowest BCUT2D eigenvalue weighted by atomic mass is 10.2. The molecule has 2 rings (SSSR count). The summed E-state index contributed by atoms with van der Waals surface area (Å²) in [5.41, 5.74) is 0.838. The van der Waals surface area contributed by atoms with Gasteiger partial charge in [0.05, 0.1) is 4.91 Å². The highest BCUT2D eigenvalue weighted by Crippen LogP contribution is 2.30. The first-order valence-corrected chi connectivity index (χ1v) is 6.82. The fourth-order valence-electron chi connectivity index (χ4n) is 1.48. The van der Waals surface area contributed by atoms with Crippen molar-refractivity contribution in [1.29, 1.82) is 0 Å². The molecule has 1 amide bonds. The molecule has 1 aromatic carbocycles. The number of rotatable bonds is 2. The van der Waals surface area contributed by atoms with Crippen molar-refractivity contribution in [3.63, 3.8) is 0 Å². The number of benzene rings is 1. The molecule has 1 aliphatic heterocycles. The van der Waals surface area contributed by atoms with Crippen LogP contribution in [-0.2, 0) is 9.59 Å². The van der Waals surface area contributed by atoms with Crippen LogP contribution in [0, 0.1) is 11.8 Å². The first-order valence-electron chi connectivity index (χ1n) is 5.60. The summed E-state index contributed by atoms with van der Waals surface area (Å²) in [7, 11) is 0. The van der Waals surface area contributed by atoms with Crippen LogP contribution in [0.4, 0.5) is 0 Å². The third-order valence-electron chi connectivity index (χ3n) is 2.36. The number of aliphatic carboxylic acids is 1. The topological polar surface area (TPSA) is 57.6 Å². The standard InChI is InChI=1S/C14H9NO3S2/c16-12(17)9-15-13(18)11(20-14(15)19)8-4-7-10-5-2-1-3-6-10/h1-3,5-6,8H,9H2,(H,16,17)/b11-8-. The lowest BCUT2D eigenvalue weighted by Crippen LogP contribution is -2.33. The molecule has 0 bridgehead atoms. The zero-order valence-corrected chi connectivity index (χ0v) is 11.8. The van der Waals surface area contributed by atoms with Crippen molar-refractivity contribution in [1.82, 2.24) is 4.90 Å². The first kappa shape index (κ1) is 14.3. The van der Waals surface area contributed by atoms with Crippen LogP contribution in [0.15, 0.2) is 41.3 Å². The van der Waals surface area contributed by atoms with Gasteiger partial charge >= 0.3 is 5.97 Å². The first-order chi connectivity index (χ1) is 9.58. The number of allylic oxidation sites excluding steroid dienone is 1. The van der Waals surface area contributed by atoms with Crippen LogP contribution < -0.4 is 0 Å². The quantitative estimate of drug-likeness (QED) is 0.513. The number of hydrogen-bond acceptors (Lipinski definition) is 4. The summed E-state index contributed by atoms with van der Waals surface area (Å²) in [6, 6.07) is 9.35. The Morgan fingerprint density at radius 2 is 2.10 bits per heavy atom. The van der Waals surface area contributed by atoms with Gasteiger partial charge in [-0.25, -0.2) is 0 Å². The molecule has 0 radical (unpaired) electrons. The van der Waals surface area contributed by atoms with E-state index < -0.39 is 18.4 Å². The summed E-state index contributed by atoms with van der Waals surface area (Å²) >= 11 is 6.03. The van der Waals surface area contributed by atoms with Crippen molar-refractivity contribution in [2.45, 2.75) is 0 Å². The molecule has 1 aliphatic rings. The average molecular weight is 303 g/mol. The fraction of sp³-hybridized carbons (Fsp3) is 0.0714. The molecule has 0 saturated carbocycles. The molecule has 20 heavy (non-hydrogen) atoms. The molecule has 1 fully saturated rings. The van der Waals surface area contributed by atoms with Gasteiger partial charge in [0.2, 0.25) is 0 Å². The van der Waals surface area contributed by atoms with Crippen molar-refractivity contribution in [3.05, 3.63) is 46.9 Å². The van der Waals surface area contributed by atoms with E-state index in [-0.39, 0.29) is 4.32 Å². The lowest BCUT2D eigenvalue weighted by Gasteiger charge is -2.09. The van der Waals surface area contributed by atoms with E-state index in [1.807, 2.05) is 30.3 Å². The van der Waals surface area contributed by atoms with E-state index >= 15 is 0 Å². The van der Waals surface area contributed by atoms with E-state index in [0.717, 1.165) is 22.2 Å². The van der Waals surface area contributed by atoms with E-state index in [0.29, 0.717) is 4.91 Å². The third-order valence-corrected chi connectivity index (χ3v) is 3.74. The second kappa shape index (κ2) is 6.37. The van der Waals surface area contributed by atoms with Gasteiger partial charge < -0.3 is 5.11 Å². The number of carboxylic acids is 1. The summed E-state index contributed by atoms with van der Waals surface area (Å²) in [5.74, 6) is 4.16. The van der Waals surface area contributed by atoms with Crippen LogP contribution >= 0.6 is 24.0 Å². The molecule has 0 spiro atoms. The van der Waals surface area contributed by atoms with E-state index in [1.54, 1.807) is 0 Å². The van der Waals surface area contributed by atoms with Gasteiger partial charge in [-0.05, 0) is 12.1 Å². The van der Waals surface area contributed by atoms with Gasteiger partial charge in [-0.1, -0.05) is 54.0 Å². The van der Waals surface area contributed by atoms with Gasteiger partial charge in [0.25, 0.3) is 5.91 Å². The predicted molar refractivity (Wildman–Crippen MR) is 80.9 cm³/mol. The van der Waals surface area contributed by atoms with Gasteiger partial charge in [0.1, 0.15) is 10.9 Å². The number of thiocarbonyl (C=S) groups is 1. The summed E-state index contributed by atoms with van der Waals surface area (Å²) in [6.45, 7) is -0.422. The molecule has 1 N–H and O–H groups in total. The smallest absolute Gasteiger partial charge is 0.323 e. The van der Waals surface area contributed by atoms with E-state index in [9.17, 15) is 9.59 Å². The molecular weight excluding hydrogens is 294 g/mol. The van der Waals surface area contributed by atoms with Crippen LogP contribution in [0.3, 0.4) is 0 Å². The molecule has 0 aromatic heterocycles. The number of carboxylic acid groups (broad SMARTS) is 1. The normalized spacial score (nSPS) is 16.2. The predicted octanol–water partition coefficient (Wildman–Crippen LogP) is 1.87. The Labute approximate surface area is 125 Å². The maximum absolute atomic E-state index is 11.9. The molecule has 6 heteroatoms. The maximum Gasteiger partial charge on any atom is 0.323 e. The van der Waals surface area contributed by atoms with Crippen LogP contribution in [0.2, 0.25) is 0 Å². The Balaban J connectivity index is 2.13. The van der Waals surface area contributed by atoms with Crippen LogP contribution in [-0.4, -0.2) is 32.7 Å². The van der Waals surface area contributed by atoms with Gasteiger partial charge in [0, 0.05) is 11.6 Å². The minimum atomic E-state index is -1.10. The van der Waals surface area contributed by atoms with E-state index in [4.69, 9.17) is 17.3 Å². The van der Waals surface area contributed by atoms with Gasteiger partial charge in [-0.2, -0.15) is 0 Å². The number of nitrogens with zero attached hydrogens (tertiary/aromatic N) is 1. The van der Waals surface area contributed by atoms with Gasteiger partial charge in [-0.15, -0.1) is 0 Å². The minimum absolute atomic E-state index is 0.241. The van der Waals surface area contributed by atoms with Crippen LogP contribution in [0.25, 0.3) is 0 Å². The summed E-state index contributed by atoms with van der Waals surface area (Å²) in [4.78, 5) is 24.0. The molecule has 1 saturated heterocycles. The largest absolute Gasteiger partial charge is 0.480 e. The lowest BCUT2D eigenvalue weighted by molar-refractivity contribution is -0.140. The Morgan fingerprint density at radius 1 is 1.40 bits per heavy atom. The zero-order valence-electron chi connectivity index (χ0n) is 10.2. The third kappa shape index (κ3) is 3.47. The monoisotopic (exact) mass is 303 g/mol. The van der Waals surface area contributed by atoms with Crippen molar-refractivity contribution in [2.75, 3.05) is 6.54 Å². The molecule has 100 valence electrons. The highest BCUT2D eigenvalue weighted by Gasteiger charge is 2.33. The Bertz CT molecular complexity index is 656. The van der Waals surface area contributed by atoms with Gasteiger partial charge in [0.15, 0.2) is 0 Å². The second-order valence-corrected chi connectivity index (χ2v) is 5.47. The van der Waals surface area contributed by atoms with Crippen LogP contribution in [0.5, 0.6) is 0 Å². The molecular formula is C14H9NO3S2. The SMILES string of the molecule is O=C(O)CN1C(=O)/C(=C/C#Cc2ccccc2)SC1=S. The van der Waals surface area contributed by atoms with Crippen molar-refractivity contribution >= 4 is 40.2 Å². The zero-order chi connectivity index (χ0) is 14.5. The molecule has 0 atom stereocenters. The van der Waals surface area contributed by atoms with Crippen LogP contribution in [0.1, 0.15) is 5.56 Å². The molecule has 4 nitrogen and oxygen atoms in total. The second-order valence-electron chi connectivity index (χ2n) is 3.80. The van der Waals surface area contributed by atoms with Crippen molar-refractivity contribution < 1.29 is 14.7 Å². The number of amides is 1. The van der Waals surface area contributed by atoms with E-state index in [1.165, 1.54) is 6.08 Å². The molecule has 0 unspecified atom stereocenters. The van der Waals surface area contributed by atoms with Crippen molar-refractivity contribution in [3.8, 4) is 11.8 Å². The minimum Gasteiger partial charge on any atom is -0.480 e. The molecule has 1 aromatic rings. The van der Waals surface area contributed by atoms with Gasteiger partial charge in [-0.3, -0.25) is 14.5 Å². The molecule has 0 aliphatic carbocycles. The fourth-order valence-corrected chi connectivity index (χ4v) is 2.66. The molecule has 1 heterocycles. The Morgan fingerprint density at radius 3 is 2.75 bits per heavy atom. The number of carbonyl (C=O) groups is 2. The maximum atomic E-state index is 11.9. The number of carbonyl (C=O) groups excluding carboxylic acids is 1. The highest BCUT2D eigenvalue weighted by atomic mass is 32.2. The highest BCUT2D eigenvalue weighted by molar-refractivity contribution is 8.26. The van der Waals surface area contributed by atoms with Crippen molar-refractivity contribution in [2.24, 2.45) is 0 Å². The Kier molecular flexibility index (Phi) is 4.56. The summed E-state index contributed by atoms with van der Waals surface area (Å²) < 4.78 is 0.241. The summed E-state index contributed by atoms with van der Waals surface area (Å²) in [5, 5.41) is 8.71. The number of hydrogen-bond donors (Lipinski definition) is 1. The number of thioether (sulfide) groups is 1. The average Bonchev–Trinajstić information content (AvgIpc) is 2.67.